The van der Waals surface area contributed by atoms with E-state index in [0.717, 1.165) is 17.6 Å². The van der Waals surface area contributed by atoms with Crippen molar-refractivity contribution in [3.05, 3.63) is 24.2 Å². The molecule has 114 valence electrons. The number of aliphatic hydroxyl groups excluding tert-OH is 1. The highest BCUT2D eigenvalue weighted by Gasteiger charge is 2.17. The molecule has 6 heteroatoms. The van der Waals surface area contributed by atoms with Gasteiger partial charge >= 0.3 is 0 Å². The van der Waals surface area contributed by atoms with E-state index in [4.69, 9.17) is 5.11 Å². The summed E-state index contributed by atoms with van der Waals surface area (Å²) in [6.07, 6.45) is 4.18. The Labute approximate surface area is 124 Å². The smallest absolute Gasteiger partial charge is 0.255 e. The largest absolute Gasteiger partial charge is 0.395 e. The number of aliphatic hydroxyl groups is 1. The molecule has 1 amide bonds. The Balaban J connectivity index is 2.31. The molecule has 1 N–H and O–H groups in total. The number of carbonyl (C=O) groups is 1. The highest BCUT2D eigenvalue weighted by molar-refractivity contribution is 5.96. The van der Waals surface area contributed by atoms with Crippen LogP contribution in [0.2, 0.25) is 0 Å². The third-order valence-corrected chi connectivity index (χ3v) is 3.37. The monoisotopic (exact) mass is 290 g/mol. The lowest BCUT2D eigenvalue weighted by Crippen LogP contribution is -2.34. The van der Waals surface area contributed by atoms with Crippen LogP contribution in [0.3, 0.4) is 0 Å². The maximum atomic E-state index is 12.4. The van der Waals surface area contributed by atoms with Gasteiger partial charge in [-0.3, -0.25) is 4.79 Å². The predicted molar refractivity (Wildman–Crippen MR) is 81.2 cm³/mol. The molecule has 0 spiro atoms. The van der Waals surface area contributed by atoms with E-state index in [1.807, 2.05) is 11.5 Å². The van der Waals surface area contributed by atoms with Crippen molar-refractivity contribution in [2.24, 2.45) is 0 Å². The standard InChI is InChI=1S/C15H22N4O2/c1-4-5-18(6-7-20)15(21)12-8-13-14(16-9-12)19(10-17-13)11(2)3/h8-11,20H,4-7H2,1-3H3. The second-order valence-corrected chi connectivity index (χ2v) is 5.33. The zero-order valence-electron chi connectivity index (χ0n) is 12.8. The van der Waals surface area contributed by atoms with Gasteiger partial charge < -0.3 is 14.6 Å². The van der Waals surface area contributed by atoms with Gasteiger partial charge in [-0.15, -0.1) is 0 Å². The Kier molecular flexibility index (Phi) is 4.90. The zero-order valence-corrected chi connectivity index (χ0v) is 12.8. The van der Waals surface area contributed by atoms with E-state index in [1.165, 1.54) is 0 Å². The Morgan fingerprint density at radius 3 is 2.76 bits per heavy atom. The van der Waals surface area contributed by atoms with E-state index in [9.17, 15) is 4.79 Å². The van der Waals surface area contributed by atoms with Gasteiger partial charge in [0.25, 0.3) is 5.91 Å². The van der Waals surface area contributed by atoms with Gasteiger partial charge in [-0.05, 0) is 26.3 Å². The van der Waals surface area contributed by atoms with Crippen LogP contribution in [0, 0.1) is 0 Å². The molecule has 2 aromatic rings. The first-order valence-electron chi connectivity index (χ1n) is 7.31. The summed E-state index contributed by atoms with van der Waals surface area (Å²) in [5.74, 6) is -0.112. The van der Waals surface area contributed by atoms with Gasteiger partial charge in [-0.1, -0.05) is 6.92 Å². The van der Waals surface area contributed by atoms with Crippen molar-refractivity contribution in [3.63, 3.8) is 0 Å². The van der Waals surface area contributed by atoms with Gasteiger partial charge in [0, 0.05) is 25.3 Å². The molecular weight excluding hydrogens is 268 g/mol. The average Bonchev–Trinajstić information content (AvgIpc) is 2.89. The van der Waals surface area contributed by atoms with E-state index >= 15 is 0 Å². The lowest BCUT2D eigenvalue weighted by Gasteiger charge is -2.20. The van der Waals surface area contributed by atoms with Crippen LogP contribution in [0.1, 0.15) is 43.6 Å². The number of imidazole rings is 1. The van der Waals surface area contributed by atoms with Gasteiger partial charge in [-0.2, -0.15) is 0 Å². The molecule has 2 aromatic heterocycles. The molecule has 0 aromatic carbocycles. The molecule has 21 heavy (non-hydrogen) atoms. The van der Waals surface area contributed by atoms with Crippen LogP contribution in [0.15, 0.2) is 18.6 Å². The summed E-state index contributed by atoms with van der Waals surface area (Å²) in [7, 11) is 0. The molecule has 0 aliphatic rings. The molecule has 0 saturated heterocycles. The van der Waals surface area contributed by atoms with Crippen molar-refractivity contribution < 1.29 is 9.90 Å². The number of hydrogen-bond donors (Lipinski definition) is 1. The number of aromatic nitrogens is 3. The molecule has 0 fully saturated rings. The molecule has 0 aliphatic heterocycles. The molecule has 0 saturated carbocycles. The highest BCUT2D eigenvalue weighted by Crippen LogP contribution is 2.17. The lowest BCUT2D eigenvalue weighted by molar-refractivity contribution is 0.0721. The Morgan fingerprint density at radius 2 is 2.14 bits per heavy atom. The zero-order chi connectivity index (χ0) is 15.4. The summed E-state index contributed by atoms with van der Waals surface area (Å²) in [4.78, 5) is 22.8. The van der Waals surface area contributed by atoms with E-state index in [2.05, 4.69) is 23.8 Å². The van der Waals surface area contributed by atoms with Crippen LogP contribution < -0.4 is 0 Å². The van der Waals surface area contributed by atoms with Crippen molar-refractivity contribution in [2.45, 2.75) is 33.2 Å². The van der Waals surface area contributed by atoms with Crippen LogP contribution >= 0.6 is 0 Å². The van der Waals surface area contributed by atoms with E-state index in [-0.39, 0.29) is 18.6 Å². The number of nitrogens with zero attached hydrogens (tertiary/aromatic N) is 4. The predicted octanol–water partition coefficient (Wildman–Crippen LogP) is 1.86. The summed E-state index contributed by atoms with van der Waals surface area (Å²) in [6, 6.07) is 2.04. The van der Waals surface area contributed by atoms with Gasteiger partial charge in [0.15, 0.2) is 5.65 Å². The van der Waals surface area contributed by atoms with E-state index < -0.39 is 0 Å². The SMILES string of the molecule is CCCN(CCO)C(=O)c1cnc2c(c1)ncn2C(C)C. The maximum Gasteiger partial charge on any atom is 0.255 e. The number of carbonyl (C=O) groups excluding carboxylic acids is 1. The number of rotatable bonds is 6. The summed E-state index contributed by atoms with van der Waals surface area (Å²) in [6.45, 7) is 7.05. The van der Waals surface area contributed by atoms with Crippen LogP contribution in [0.4, 0.5) is 0 Å². The van der Waals surface area contributed by atoms with Crippen LogP contribution in [-0.2, 0) is 0 Å². The fourth-order valence-electron chi connectivity index (χ4n) is 2.30. The molecule has 0 unspecified atom stereocenters. The van der Waals surface area contributed by atoms with Gasteiger partial charge in [0.2, 0.25) is 0 Å². The van der Waals surface area contributed by atoms with Crippen LogP contribution in [-0.4, -0.2) is 50.1 Å². The number of pyridine rings is 1. The molecule has 0 radical (unpaired) electrons. The Hall–Kier alpha value is -1.95. The molecule has 0 atom stereocenters. The Morgan fingerprint density at radius 1 is 1.38 bits per heavy atom. The van der Waals surface area contributed by atoms with Crippen molar-refractivity contribution in [1.29, 1.82) is 0 Å². The number of fused-ring (bicyclic) bond motifs is 1. The molecule has 2 heterocycles. The summed E-state index contributed by atoms with van der Waals surface area (Å²) in [5.41, 5.74) is 2.01. The topological polar surface area (TPSA) is 71.2 Å². The Bertz CT molecular complexity index is 615. The van der Waals surface area contributed by atoms with Gasteiger partial charge in [-0.25, -0.2) is 9.97 Å². The minimum absolute atomic E-state index is 0.0383. The minimum Gasteiger partial charge on any atom is -0.395 e. The highest BCUT2D eigenvalue weighted by atomic mass is 16.3. The van der Waals surface area contributed by atoms with Crippen LogP contribution in [0.25, 0.3) is 11.2 Å². The molecule has 0 aliphatic carbocycles. The average molecular weight is 290 g/mol. The second-order valence-electron chi connectivity index (χ2n) is 5.33. The molecule has 6 nitrogen and oxygen atoms in total. The first-order chi connectivity index (χ1) is 10.1. The lowest BCUT2D eigenvalue weighted by atomic mass is 10.2. The minimum atomic E-state index is -0.112. The van der Waals surface area contributed by atoms with Crippen molar-refractivity contribution in [3.8, 4) is 0 Å². The first-order valence-corrected chi connectivity index (χ1v) is 7.31. The first kappa shape index (κ1) is 15.4. The number of amides is 1. The quantitative estimate of drug-likeness (QED) is 0.881. The second kappa shape index (κ2) is 6.67. The summed E-state index contributed by atoms with van der Waals surface area (Å²) < 4.78 is 1.97. The third-order valence-electron chi connectivity index (χ3n) is 3.37. The third kappa shape index (κ3) is 3.21. The van der Waals surface area contributed by atoms with Gasteiger partial charge in [0.1, 0.15) is 5.52 Å². The van der Waals surface area contributed by atoms with Gasteiger partial charge in [0.05, 0.1) is 18.5 Å². The fraction of sp³-hybridized carbons (Fsp3) is 0.533. The van der Waals surface area contributed by atoms with Crippen LogP contribution in [0.5, 0.6) is 0 Å². The molecule has 0 bridgehead atoms. The summed E-state index contributed by atoms with van der Waals surface area (Å²) in [5, 5.41) is 9.07. The van der Waals surface area contributed by atoms with Crippen molar-refractivity contribution in [1.82, 2.24) is 19.4 Å². The summed E-state index contributed by atoms with van der Waals surface area (Å²) >= 11 is 0. The fourth-order valence-corrected chi connectivity index (χ4v) is 2.30. The normalized spacial score (nSPS) is 11.3. The number of hydrogen-bond acceptors (Lipinski definition) is 4. The van der Waals surface area contributed by atoms with Crippen molar-refractivity contribution >= 4 is 17.1 Å². The van der Waals surface area contributed by atoms with E-state index in [0.29, 0.717) is 18.7 Å². The van der Waals surface area contributed by atoms with Crippen molar-refractivity contribution in [2.75, 3.05) is 19.7 Å². The maximum absolute atomic E-state index is 12.4. The van der Waals surface area contributed by atoms with E-state index in [1.54, 1.807) is 23.5 Å². The molecular formula is C15H22N4O2. The molecule has 2 rings (SSSR count).